The van der Waals surface area contributed by atoms with Crippen LogP contribution in [0, 0.1) is 6.92 Å². The van der Waals surface area contributed by atoms with Crippen molar-refractivity contribution < 1.29 is 9.53 Å². The van der Waals surface area contributed by atoms with Gasteiger partial charge in [-0.2, -0.15) is 0 Å². The van der Waals surface area contributed by atoms with E-state index in [-0.39, 0.29) is 0 Å². The van der Waals surface area contributed by atoms with E-state index in [0.717, 1.165) is 5.69 Å². The summed E-state index contributed by atoms with van der Waals surface area (Å²) in [5.74, 6) is 0.393. The Kier molecular flexibility index (Phi) is 3.19. The van der Waals surface area contributed by atoms with Crippen LogP contribution in [0.1, 0.15) is 12.6 Å². The Balaban J connectivity index is 2.54. The molecule has 0 radical (unpaired) electrons. The van der Waals surface area contributed by atoms with Gasteiger partial charge in [0.25, 0.3) is 0 Å². The van der Waals surface area contributed by atoms with Crippen LogP contribution in [0.5, 0.6) is 0 Å². The van der Waals surface area contributed by atoms with Crippen LogP contribution in [0.25, 0.3) is 0 Å². The summed E-state index contributed by atoms with van der Waals surface area (Å²) in [6.45, 7) is 3.90. The molecule has 1 aromatic heterocycles. The smallest absolute Gasteiger partial charge is 0.412 e. The predicted molar refractivity (Wildman–Crippen MR) is 47.4 cm³/mol. The fraction of sp³-hybridized carbons (Fsp3) is 0.375. The second-order valence-corrected chi connectivity index (χ2v) is 2.39. The molecule has 13 heavy (non-hydrogen) atoms. The summed E-state index contributed by atoms with van der Waals surface area (Å²) < 4.78 is 4.66. The molecule has 0 bridgehead atoms. The summed E-state index contributed by atoms with van der Waals surface area (Å²) in [4.78, 5) is 18.8. The van der Waals surface area contributed by atoms with Crippen LogP contribution in [-0.2, 0) is 4.74 Å². The number of hydrogen-bond donors (Lipinski definition) is 1. The topological polar surface area (TPSA) is 64.1 Å². The average Bonchev–Trinajstić information content (AvgIpc) is 2.09. The normalized spacial score (nSPS) is 9.38. The number of amides is 1. The molecule has 5 heteroatoms. The highest BCUT2D eigenvalue weighted by Gasteiger charge is 2.01. The highest BCUT2D eigenvalue weighted by Crippen LogP contribution is 2.00. The molecule has 0 aliphatic rings. The number of aromatic nitrogens is 2. The van der Waals surface area contributed by atoms with E-state index in [4.69, 9.17) is 0 Å². The number of nitrogens with zero attached hydrogens (tertiary/aromatic N) is 2. The van der Waals surface area contributed by atoms with E-state index in [1.54, 1.807) is 13.1 Å². The zero-order valence-electron chi connectivity index (χ0n) is 7.57. The maximum atomic E-state index is 10.9. The van der Waals surface area contributed by atoms with Crippen molar-refractivity contribution in [2.75, 3.05) is 11.9 Å². The van der Waals surface area contributed by atoms with Crippen molar-refractivity contribution in [3.63, 3.8) is 0 Å². The van der Waals surface area contributed by atoms with Gasteiger partial charge in [-0.25, -0.2) is 9.78 Å². The van der Waals surface area contributed by atoms with Crippen molar-refractivity contribution in [2.24, 2.45) is 0 Å². The van der Waals surface area contributed by atoms with Crippen LogP contribution in [0.2, 0.25) is 0 Å². The van der Waals surface area contributed by atoms with Gasteiger partial charge in [-0.15, -0.1) is 0 Å². The second-order valence-electron chi connectivity index (χ2n) is 2.39. The zero-order chi connectivity index (χ0) is 9.68. The molecule has 1 N–H and O–H groups in total. The molecule has 1 amide bonds. The Labute approximate surface area is 76.2 Å². The van der Waals surface area contributed by atoms with Gasteiger partial charge in [0.1, 0.15) is 0 Å². The van der Waals surface area contributed by atoms with Gasteiger partial charge < -0.3 is 4.74 Å². The lowest BCUT2D eigenvalue weighted by molar-refractivity contribution is 0.168. The number of ether oxygens (including phenoxy) is 1. The van der Waals surface area contributed by atoms with Crippen molar-refractivity contribution in [3.05, 3.63) is 18.1 Å². The van der Waals surface area contributed by atoms with Crippen molar-refractivity contribution >= 4 is 11.9 Å². The van der Waals surface area contributed by atoms with Crippen LogP contribution in [0.15, 0.2) is 12.4 Å². The molecule has 1 heterocycles. The van der Waals surface area contributed by atoms with E-state index in [1.807, 2.05) is 6.92 Å². The Bertz CT molecular complexity index is 284. The molecule has 1 aromatic rings. The lowest BCUT2D eigenvalue weighted by Crippen LogP contribution is -2.14. The minimum atomic E-state index is -0.513. The number of rotatable bonds is 2. The predicted octanol–water partition coefficient (Wildman–Crippen LogP) is 1.35. The van der Waals surface area contributed by atoms with E-state index >= 15 is 0 Å². The van der Waals surface area contributed by atoms with Gasteiger partial charge in [-0.3, -0.25) is 10.3 Å². The van der Waals surface area contributed by atoms with Crippen LogP contribution >= 0.6 is 0 Å². The van der Waals surface area contributed by atoms with Gasteiger partial charge in [-0.05, 0) is 13.8 Å². The highest BCUT2D eigenvalue weighted by atomic mass is 16.5. The number of hydrogen-bond acceptors (Lipinski definition) is 4. The van der Waals surface area contributed by atoms with Crippen LogP contribution in [0.3, 0.4) is 0 Å². The Morgan fingerprint density at radius 1 is 1.54 bits per heavy atom. The third kappa shape index (κ3) is 3.06. The van der Waals surface area contributed by atoms with Crippen LogP contribution < -0.4 is 5.32 Å². The quantitative estimate of drug-likeness (QED) is 0.748. The average molecular weight is 181 g/mol. The molecular weight excluding hydrogens is 170 g/mol. The lowest BCUT2D eigenvalue weighted by atomic mass is 10.5. The zero-order valence-corrected chi connectivity index (χ0v) is 7.57. The number of aryl methyl sites for hydroxylation is 1. The number of anilines is 1. The first-order valence-electron chi connectivity index (χ1n) is 3.94. The van der Waals surface area contributed by atoms with Gasteiger partial charge in [-0.1, -0.05) is 0 Å². The molecule has 0 aliphatic heterocycles. The minimum absolute atomic E-state index is 0.338. The van der Waals surface area contributed by atoms with E-state index in [9.17, 15) is 4.79 Å². The summed E-state index contributed by atoms with van der Waals surface area (Å²) in [5.41, 5.74) is 0.800. The standard InChI is InChI=1S/C8H11N3O2/c1-3-13-8(12)11-7-5-9-6(2)4-10-7/h4-5H,3H2,1-2H3,(H,10,11,12). The monoisotopic (exact) mass is 181 g/mol. The van der Waals surface area contributed by atoms with Crippen molar-refractivity contribution in [1.82, 2.24) is 9.97 Å². The summed E-state index contributed by atoms with van der Waals surface area (Å²) in [7, 11) is 0. The van der Waals surface area contributed by atoms with Crippen molar-refractivity contribution in [3.8, 4) is 0 Å². The molecule has 0 atom stereocenters. The molecule has 5 nitrogen and oxygen atoms in total. The Morgan fingerprint density at radius 2 is 2.31 bits per heavy atom. The highest BCUT2D eigenvalue weighted by molar-refractivity contribution is 5.82. The molecule has 70 valence electrons. The van der Waals surface area contributed by atoms with E-state index in [1.165, 1.54) is 6.20 Å². The number of carbonyl (C=O) groups excluding carboxylic acids is 1. The molecule has 0 aromatic carbocycles. The largest absolute Gasteiger partial charge is 0.450 e. The molecule has 0 saturated heterocycles. The first kappa shape index (κ1) is 9.44. The van der Waals surface area contributed by atoms with Gasteiger partial charge in [0.05, 0.1) is 24.7 Å². The van der Waals surface area contributed by atoms with Gasteiger partial charge in [0.15, 0.2) is 5.82 Å². The fourth-order valence-electron chi connectivity index (χ4n) is 0.729. The Morgan fingerprint density at radius 3 is 2.85 bits per heavy atom. The van der Waals surface area contributed by atoms with Gasteiger partial charge in [0.2, 0.25) is 0 Å². The summed E-state index contributed by atoms with van der Waals surface area (Å²) >= 11 is 0. The lowest BCUT2D eigenvalue weighted by Gasteiger charge is -2.03. The van der Waals surface area contributed by atoms with Crippen molar-refractivity contribution in [1.29, 1.82) is 0 Å². The summed E-state index contributed by atoms with van der Waals surface area (Å²) in [5, 5.41) is 2.44. The van der Waals surface area contributed by atoms with Crippen LogP contribution in [0.4, 0.5) is 10.6 Å². The van der Waals surface area contributed by atoms with Gasteiger partial charge >= 0.3 is 6.09 Å². The molecule has 1 rings (SSSR count). The third-order valence-corrected chi connectivity index (χ3v) is 1.29. The molecule has 0 saturated carbocycles. The van der Waals surface area contributed by atoms with Crippen molar-refractivity contribution in [2.45, 2.75) is 13.8 Å². The molecule has 0 spiro atoms. The van der Waals surface area contributed by atoms with E-state index in [0.29, 0.717) is 12.4 Å². The minimum Gasteiger partial charge on any atom is -0.450 e. The molecule has 0 aliphatic carbocycles. The maximum Gasteiger partial charge on any atom is 0.412 e. The number of nitrogens with one attached hydrogen (secondary N) is 1. The molecular formula is C8H11N3O2. The first-order chi connectivity index (χ1) is 6.22. The van der Waals surface area contributed by atoms with E-state index < -0.39 is 6.09 Å². The molecule has 0 unspecified atom stereocenters. The first-order valence-corrected chi connectivity index (χ1v) is 3.94. The number of carbonyl (C=O) groups is 1. The summed E-state index contributed by atoms with van der Waals surface area (Å²) in [6.07, 6.45) is 2.54. The fourth-order valence-corrected chi connectivity index (χ4v) is 0.729. The molecule has 0 fully saturated rings. The maximum absolute atomic E-state index is 10.9. The third-order valence-electron chi connectivity index (χ3n) is 1.29. The van der Waals surface area contributed by atoms with E-state index in [2.05, 4.69) is 20.0 Å². The second kappa shape index (κ2) is 4.39. The van der Waals surface area contributed by atoms with Crippen LogP contribution in [-0.4, -0.2) is 22.7 Å². The Hall–Kier alpha value is -1.65. The summed E-state index contributed by atoms with van der Waals surface area (Å²) in [6, 6.07) is 0. The van der Waals surface area contributed by atoms with Gasteiger partial charge in [0, 0.05) is 0 Å². The SMILES string of the molecule is CCOC(=O)Nc1cnc(C)cn1.